The van der Waals surface area contributed by atoms with Gasteiger partial charge in [-0.1, -0.05) is 18.2 Å². The van der Waals surface area contributed by atoms with Gasteiger partial charge >= 0.3 is 12.0 Å². The number of halogens is 1. The number of aromatic amines is 1. The minimum atomic E-state index is -0.972. The highest BCUT2D eigenvalue weighted by Gasteiger charge is 2.14. The molecule has 1 heterocycles. The number of para-hydroxylation sites is 1. The van der Waals surface area contributed by atoms with Crippen LogP contribution in [0, 0.1) is 4.91 Å². The van der Waals surface area contributed by atoms with Crippen molar-refractivity contribution in [2.75, 3.05) is 7.05 Å². The van der Waals surface area contributed by atoms with Gasteiger partial charge in [0.25, 0.3) is 0 Å². The summed E-state index contributed by atoms with van der Waals surface area (Å²) in [5.74, 6) is -0.972. The van der Waals surface area contributed by atoms with Gasteiger partial charge in [0.05, 0.1) is 5.29 Å². The monoisotopic (exact) mass is 343 g/mol. The Morgan fingerprint density at radius 2 is 2.00 bits per heavy atom. The Hall–Kier alpha value is -2.65. The lowest BCUT2D eigenvalue weighted by Gasteiger charge is -2.04. The van der Waals surface area contributed by atoms with E-state index in [1.165, 1.54) is 7.05 Å². The van der Waals surface area contributed by atoms with Gasteiger partial charge in [0.15, 0.2) is 0 Å². The van der Waals surface area contributed by atoms with Crippen LogP contribution >= 0.6 is 12.4 Å². The van der Waals surface area contributed by atoms with Crippen LogP contribution in [-0.4, -0.2) is 40.2 Å². The van der Waals surface area contributed by atoms with Gasteiger partial charge in [0, 0.05) is 30.6 Å². The molecule has 0 aliphatic rings. The zero-order chi connectivity index (χ0) is 16.7. The molecule has 6 N–H and O–H groups in total. The molecule has 1 aromatic heterocycles. The molecule has 0 saturated heterocycles. The summed E-state index contributed by atoms with van der Waals surface area (Å²) in [6.45, 7) is 0. The minimum Gasteiger partial charge on any atom is -0.480 e. The molecule has 0 aliphatic heterocycles. The number of rotatable bonds is 4. The number of nitrogens with zero attached hydrogens (tertiary/aromatic N) is 2. The van der Waals surface area contributed by atoms with E-state index in [-0.39, 0.29) is 12.4 Å². The van der Waals surface area contributed by atoms with E-state index in [1.807, 2.05) is 30.5 Å². The number of urea groups is 1. The maximum Gasteiger partial charge on any atom is 0.337 e. The van der Waals surface area contributed by atoms with Crippen LogP contribution in [0.3, 0.4) is 0 Å². The number of nitroso groups, excluding NO2 is 1. The van der Waals surface area contributed by atoms with Crippen molar-refractivity contribution in [1.82, 2.24) is 9.99 Å². The summed E-state index contributed by atoms with van der Waals surface area (Å²) in [7, 11) is 1.18. The fraction of sp³-hybridized carbons (Fsp3) is 0.231. The molecule has 0 aliphatic carbocycles. The van der Waals surface area contributed by atoms with Gasteiger partial charge in [0.1, 0.15) is 6.04 Å². The van der Waals surface area contributed by atoms with Crippen molar-refractivity contribution in [3.63, 3.8) is 0 Å². The Morgan fingerprint density at radius 1 is 1.39 bits per heavy atom. The first-order valence-corrected chi connectivity index (χ1v) is 6.26. The number of hydrogen-bond donors (Lipinski definition) is 4. The molecular weight excluding hydrogens is 326 g/mol. The second-order valence-corrected chi connectivity index (χ2v) is 4.45. The Labute approximate surface area is 138 Å². The molecule has 10 heteroatoms. The number of carboxylic acid groups (broad SMARTS) is 1. The molecule has 1 unspecified atom stereocenters. The zero-order valence-electron chi connectivity index (χ0n) is 12.3. The third-order valence-corrected chi connectivity index (χ3v) is 2.87. The van der Waals surface area contributed by atoms with Crippen LogP contribution < -0.4 is 11.5 Å². The van der Waals surface area contributed by atoms with E-state index in [1.54, 1.807) is 0 Å². The lowest BCUT2D eigenvalue weighted by molar-refractivity contribution is -0.138. The van der Waals surface area contributed by atoms with E-state index in [2.05, 4.69) is 16.0 Å². The number of nitrogens with two attached hydrogens (primary N) is 2. The molecule has 2 rings (SSSR count). The van der Waals surface area contributed by atoms with Crippen molar-refractivity contribution >= 4 is 35.3 Å². The molecular formula is C13H18ClN5O4. The van der Waals surface area contributed by atoms with Gasteiger partial charge in [-0.25, -0.2) is 4.79 Å². The first kappa shape index (κ1) is 20.3. The van der Waals surface area contributed by atoms with Crippen LogP contribution in [0.15, 0.2) is 35.7 Å². The summed E-state index contributed by atoms with van der Waals surface area (Å²) in [6.07, 6.45) is 2.16. The summed E-state index contributed by atoms with van der Waals surface area (Å²) < 4.78 is 0. The van der Waals surface area contributed by atoms with E-state index in [4.69, 9.17) is 10.8 Å². The van der Waals surface area contributed by atoms with Crippen molar-refractivity contribution in [3.05, 3.63) is 40.9 Å². The summed E-state index contributed by atoms with van der Waals surface area (Å²) in [4.78, 5) is 32.8. The van der Waals surface area contributed by atoms with Crippen LogP contribution in [0.5, 0.6) is 0 Å². The van der Waals surface area contributed by atoms with Crippen LogP contribution in [0.25, 0.3) is 10.9 Å². The third-order valence-electron chi connectivity index (χ3n) is 2.87. The molecule has 23 heavy (non-hydrogen) atoms. The summed E-state index contributed by atoms with van der Waals surface area (Å²) in [6, 6.07) is 6.06. The largest absolute Gasteiger partial charge is 0.480 e. The minimum absolute atomic E-state index is 0. The molecule has 0 saturated carbocycles. The van der Waals surface area contributed by atoms with E-state index >= 15 is 0 Å². The van der Waals surface area contributed by atoms with Crippen LogP contribution in [0.1, 0.15) is 5.56 Å². The number of nitrogens with one attached hydrogen (secondary N) is 1. The normalized spacial score (nSPS) is 10.7. The Bertz CT molecular complexity index is 675. The van der Waals surface area contributed by atoms with Crippen LogP contribution in [-0.2, 0) is 11.2 Å². The predicted octanol–water partition coefficient (Wildman–Crippen LogP) is 1.22. The van der Waals surface area contributed by atoms with Crippen molar-refractivity contribution < 1.29 is 14.7 Å². The number of hydrogen-bond acceptors (Lipinski definition) is 5. The Balaban J connectivity index is 0.000000522. The molecule has 0 spiro atoms. The van der Waals surface area contributed by atoms with Crippen molar-refractivity contribution in [1.29, 1.82) is 0 Å². The Kier molecular flexibility index (Phi) is 8.30. The van der Waals surface area contributed by atoms with E-state index in [9.17, 15) is 14.5 Å². The number of H-pyrrole nitrogens is 1. The number of aliphatic carboxylic acids is 1. The molecule has 1 aromatic carbocycles. The standard InChI is InChI=1S/C11H12N2O2.C2H5N3O2.ClH/c12-9(11(14)15)5-7-6-13-10-4-2-1-3-8(7)10;1-5(4-7)2(3)6;/h1-4,6,9,13H,5,12H2,(H,14,15);1H3,(H2,3,6);1H. The number of aromatic nitrogens is 1. The topological polar surface area (TPSA) is 155 Å². The predicted molar refractivity (Wildman–Crippen MR) is 88.0 cm³/mol. The highest BCUT2D eigenvalue weighted by Crippen LogP contribution is 2.18. The van der Waals surface area contributed by atoms with Gasteiger partial charge in [0.2, 0.25) is 0 Å². The number of carboxylic acids is 1. The third kappa shape index (κ3) is 5.93. The summed E-state index contributed by atoms with van der Waals surface area (Å²) in [5, 5.41) is 12.5. The fourth-order valence-electron chi connectivity index (χ4n) is 1.66. The number of fused-ring (bicyclic) bond motifs is 1. The van der Waals surface area contributed by atoms with Gasteiger partial charge in [-0.2, -0.15) is 5.01 Å². The maximum absolute atomic E-state index is 10.6. The number of primary amides is 1. The van der Waals surface area contributed by atoms with Gasteiger partial charge in [-0.3, -0.25) is 4.79 Å². The van der Waals surface area contributed by atoms with Crippen LogP contribution in [0.4, 0.5) is 4.79 Å². The number of carbonyl (C=O) groups is 2. The molecule has 9 nitrogen and oxygen atoms in total. The lowest BCUT2D eigenvalue weighted by atomic mass is 10.1. The second-order valence-electron chi connectivity index (χ2n) is 4.45. The molecule has 2 aromatic rings. The highest BCUT2D eigenvalue weighted by atomic mass is 35.5. The fourth-order valence-corrected chi connectivity index (χ4v) is 1.66. The molecule has 0 fully saturated rings. The SMILES string of the molecule is CN(N=O)C(N)=O.Cl.NC(Cc1c[nH]c2ccccc12)C(=O)O. The molecule has 2 amide bonds. The lowest BCUT2D eigenvalue weighted by Crippen LogP contribution is -2.32. The van der Waals surface area contributed by atoms with Gasteiger partial charge < -0.3 is 21.6 Å². The summed E-state index contributed by atoms with van der Waals surface area (Å²) >= 11 is 0. The van der Waals surface area contributed by atoms with E-state index in [0.29, 0.717) is 11.4 Å². The number of benzene rings is 1. The average Bonchev–Trinajstić information content (AvgIpc) is 2.90. The van der Waals surface area contributed by atoms with Crippen molar-refractivity contribution in [2.24, 2.45) is 16.8 Å². The average molecular weight is 344 g/mol. The molecule has 1 atom stereocenters. The maximum atomic E-state index is 10.6. The van der Waals surface area contributed by atoms with E-state index in [0.717, 1.165) is 16.5 Å². The van der Waals surface area contributed by atoms with Crippen LogP contribution in [0.2, 0.25) is 0 Å². The van der Waals surface area contributed by atoms with Gasteiger partial charge in [-0.05, 0) is 11.6 Å². The second kappa shape index (κ2) is 9.38. The Morgan fingerprint density at radius 3 is 2.48 bits per heavy atom. The van der Waals surface area contributed by atoms with Crippen molar-refractivity contribution in [3.8, 4) is 0 Å². The quantitative estimate of drug-likeness (QED) is 0.485. The highest BCUT2D eigenvalue weighted by molar-refractivity contribution is 5.85. The molecule has 126 valence electrons. The molecule has 0 bridgehead atoms. The smallest absolute Gasteiger partial charge is 0.337 e. The first-order chi connectivity index (χ1) is 10.4. The van der Waals surface area contributed by atoms with Crippen molar-refractivity contribution in [2.45, 2.75) is 12.5 Å². The van der Waals surface area contributed by atoms with Gasteiger partial charge in [-0.15, -0.1) is 17.3 Å². The summed E-state index contributed by atoms with van der Waals surface area (Å²) in [5.41, 5.74) is 12.0. The first-order valence-electron chi connectivity index (χ1n) is 6.26. The zero-order valence-corrected chi connectivity index (χ0v) is 13.1. The van der Waals surface area contributed by atoms with E-state index < -0.39 is 18.0 Å². The molecule has 0 radical (unpaired) electrons. The number of carbonyl (C=O) groups excluding carboxylic acids is 1. The number of amides is 2.